The van der Waals surface area contributed by atoms with E-state index in [9.17, 15) is 18.0 Å². The lowest BCUT2D eigenvalue weighted by atomic mass is 9.96. The highest BCUT2D eigenvalue weighted by Crippen LogP contribution is 2.26. The van der Waals surface area contributed by atoms with E-state index in [1.807, 2.05) is 27.7 Å². The van der Waals surface area contributed by atoms with Crippen molar-refractivity contribution in [3.63, 3.8) is 0 Å². The van der Waals surface area contributed by atoms with Crippen molar-refractivity contribution in [3.8, 4) is 5.75 Å². The third-order valence-corrected chi connectivity index (χ3v) is 3.33. The maximum Gasteiger partial charge on any atom is 0.573 e. The van der Waals surface area contributed by atoms with Gasteiger partial charge in [-0.25, -0.2) is 4.99 Å². The molecule has 0 aliphatic rings. The number of amides is 1. The molecule has 6 nitrogen and oxygen atoms in total. The first-order valence-electron chi connectivity index (χ1n) is 8.67. The number of alkyl halides is 3. The average molecular weight is 388 g/mol. The number of rotatable bonds is 7. The molecule has 0 bridgehead atoms. The Morgan fingerprint density at radius 3 is 2.30 bits per heavy atom. The zero-order valence-corrected chi connectivity index (χ0v) is 16.0. The summed E-state index contributed by atoms with van der Waals surface area (Å²) >= 11 is 0. The summed E-state index contributed by atoms with van der Waals surface area (Å²) in [5, 5.41) is 8.83. The highest BCUT2D eigenvalue weighted by molar-refractivity contribution is 5.81. The van der Waals surface area contributed by atoms with E-state index in [-0.39, 0.29) is 18.2 Å². The van der Waals surface area contributed by atoms with E-state index < -0.39 is 11.8 Å². The lowest BCUT2D eigenvalue weighted by Crippen LogP contribution is -2.43. The number of hydrogen-bond acceptors (Lipinski definition) is 3. The summed E-state index contributed by atoms with van der Waals surface area (Å²) in [6, 6.07) is 5.87. The Bertz CT molecular complexity index is 640. The Labute approximate surface area is 157 Å². The fraction of sp³-hybridized carbons (Fsp3) is 0.556. The lowest BCUT2D eigenvalue weighted by molar-refractivity contribution is -0.274. The third kappa shape index (κ3) is 9.16. The average Bonchev–Trinajstić information content (AvgIpc) is 2.55. The number of guanidine groups is 1. The minimum Gasteiger partial charge on any atom is -0.405 e. The summed E-state index contributed by atoms with van der Waals surface area (Å²) < 4.78 is 41.5. The predicted molar refractivity (Wildman–Crippen MR) is 98.4 cm³/mol. The van der Waals surface area contributed by atoms with Crippen LogP contribution in [-0.4, -0.2) is 37.9 Å². The van der Waals surface area contributed by atoms with Crippen LogP contribution in [0.2, 0.25) is 0 Å². The van der Waals surface area contributed by atoms with Crippen LogP contribution in [-0.2, 0) is 11.3 Å². The number of para-hydroxylation sites is 1. The first kappa shape index (κ1) is 22.6. The number of carbonyl (C=O) groups is 1. The minimum absolute atomic E-state index is 0.00986. The van der Waals surface area contributed by atoms with Gasteiger partial charge in [-0.05, 0) is 13.0 Å². The molecule has 0 aliphatic heterocycles. The second kappa shape index (κ2) is 10.0. The molecule has 1 rings (SSSR count). The summed E-state index contributed by atoms with van der Waals surface area (Å²) in [5.41, 5.74) is -0.158. The van der Waals surface area contributed by atoms with Gasteiger partial charge in [0.2, 0.25) is 5.91 Å². The van der Waals surface area contributed by atoms with Gasteiger partial charge in [0.25, 0.3) is 0 Å². The van der Waals surface area contributed by atoms with Crippen molar-refractivity contribution >= 4 is 11.9 Å². The molecule has 0 saturated carbocycles. The normalized spacial score (nSPS) is 12.5. The monoisotopic (exact) mass is 388 g/mol. The van der Waals surface area contributed by atoms with Crippen LogP contribution in [0.1, 0.15) is 33.3 Å². The van der Waals surface area contributed by atoms with E-state index in [1.54, 1.807) is 6.07 Å². The highest BCUT2D eigenvalue weighted by Gasteiger charge is 2.31. The van der Waals surface area contributed by atoms with Crippen LogP contribution in [0, 0.1) is 5.41 Å². The Kier molecular flexibility index (Phi) is 8.39. The highest BCUT2D eigenvalue weighted by atomic mass is 19.4. The molecule has 0 spiro atoms. The molecule has 1 aromatic carbocycles. The van der Waals surface area contributed by atoms with Gasteiger partial charge in [-0.1, -0.05) is 39.0 Å². The van der Waals surface area contributed by atoms with Crippen molar-refractivity contribution in [2.75, 3.05) is 19.6 Å². The van der Waals surface area contributed by atoms with Gasteiger partial charge in [0.1, 0.15) is 5.75 Å². The van der Waals surface area contributed by atoms with Gasteiger partial charge in [0.15, 0.2) is 5.96 Å². The molecule has 0 radical (unpaired) electrons. The van der Waals surface area contributed by atoms with E-state index >= 15 is 0 Å². The number of halogens is 3. The number of carbonyl (C=O) groups excluding carboxylic acids is 1. The molecular weight excluding hydrogens is 361 g/mol. The van der Waals surface area contributed by atoms with Crippen LogP contribution in [0.3, 0.4) is 0 Å². The topological polar surface area (TPSA) is 74.8 Å². The lowest BCUT2D eigenvalue weighted by Gasteiger charge is -2.18. The number of aliphatic imine (C=N–C) groups is 1. The van der Waals surface area contributed by atoms with Crippen LogP contribution in [0.5, 0.6) is 5.75 Å². The fourth-order valence-corrected chi connectivity index (χ4v) is 1.99. The van der Waals surface area contributed by atoms with E-state index in [0.29, 0.717) is 31.2 Å². The predicted octanol–water partition coefficient (Wildman–Crippen LogP) is 2.80. The molecule has 0 unspecified atom stereocenters. The molecule has 0 atom stereocenters. The van der Waals surface area contributed by atoms with E-state index in [0.717, 1.165) is 0 Å². The molecule has 3 N–H and O–H groups in total. The van der Waals surface area contributed by atoms with Crippen molar-refractivity contribution in [3.05, 3.63) is 29.8 Å². The Morgan fingerprint density at radius 1 is 1.07 bits per heavy atom. The van der Waals surface area contributed by atoms with Crippen LogP contribution in [0.15, 0.2) is 29.3 Å². The van der Waals surface area contributed by atoms with Gasteiger partial charge in [-0.15, -0.1) is 13.2 Å². The first-order chi connectivity index (χ1) is 12.5. The Morgan fingerprint density at radius 2 is 1.70 bits per heavy atom. The summed E-state index contributed by atoms with van der Waals surface area (Å²) in [6.45, 7) is 8.75. The first-order valence-corrected chi connectivity index (χ1v) is 8.67. The zero-order valence-electron chi connectivity index (χ0n) is 16.0. The number of nitrogens with one attached hydrogen (secondary N) is 3. The largest absolute Gasteiger partial charge is 0.573 e. The zero-order chi connectivity index (χ0) is 20.5. The van der Waals surface area contributed by atoms with Crippen molar-refractivity contribution in [1.82, 2.24) is 16.0 Å². The van der Waals surface area contributed by atoms with Crippen LogP contribution in [0.25, 0.3) is 0 Å². The summed E-state index contributed by atoms with van der Waals surface area (Å²) in [6.07, 6.45) is -4.76. The molecule has 1 amide bonds. The maximum atomic E-state index is 12.5. The molecule has 0 fully saturated rings. The van der Waals surface area contributed by atoms with Crippen molar-refractivity contribution in [2.45, 2.75) is 40.6 Å². The summed E-state index contributed by atoms with van der Waals surface area (Å²) in [5.74, 6) is 0.0934. The van der Waals surface area contributed by atoms with Gasteiger partial charge < -0.3 is 20.7 Å². The standard InChI is InChI=1S/C18H27F3N4O2/c1-5-22-16(24-11-10-23-15(26)17(2,3)4)25-12-13-8-6-7-9-14(13)27-18(19,20)21/h6-9H,5,10-12H2,1-4H3,(H,23,26)(H2,22,24,25). The van der Waals surface area contributed by atoms with E-state index in [1.165, 1.54) is 18.2 Å². The van der Waals surface area contributed by atoms with Crippen molar-refractivity contribution in [1.29, 1.82) is 0 Å². The molecule has 0 heterocycles. The molecule has 1 aromatic rings. The Hall–Kier alpha value is -2.45. The van der Waals surface area contributed by atoms with Gasteiger partial charge in [-0.2, -0.15) is 0 Å². The molecule has 9 heteroatoms. The van der Waals surface area contributed by atoms with E-state index in [2.05, 4.69) is 25.7 Å². The SMILES string of the molecule is CCNC(=NCc1ccccc1OC(F)(F)F)NCCNC(=O)C(C)(C)C. The van der Waals surface area contributed by atoms with E-state index in [4.69, 9.17) is 0 Å². The number of nitrogens with zero attached hydrogens (tertiary/aromatic N) is 1. The molecule has 0 saturated heterocycles. The molecular formula is C18H27F3N4O2. The minimum atomic E-state index is -4.76. The Balaban J connectivity index is 2.65. The van der Waals surface area contributed by atoms with Crippen LogP contribution in [0.4, 0.5) is 13.2 Å². The molecule has 0 aliphatic carbocycles. The molecule has 27 heavy (non-hydrogen) atoms. The van der Waals surface area contributed by atoms with Crippen LogP contribution >= 0.6 is 0 Å². The fourth-order valence-electron chi connectivity index (χ4n) is 1.99. The smallest absolute Gasteiger partial charge is 0.405 e. The number of benzene rings is 1. The second-order valence-electron chi connectivity index (χ2n) is 6.78. The summed E-state index contributed by atoms with van der Waals surface area (Å²) in [4.78, 5) is 16.1. The van der Waals surface area contributed by atoms with Crippen molar-refractivity contribution < 1.29 is 22.7 Å². The second-order valence-corrected chi connectivity index (χ2v) is 6.78. The van der Waals surface area contributed by atoms with Gasteiger partial charge in [-0.3, -0.25) is 4.79 Å². The maximum absolute atomic E-state index is 12.5. The number of ether oxygens (including phenoxy) is 1. The summed E-state index contributed by atoms with van der Waals surface area (Å²) in [7, 11) is 0. The number of hydrogen-bond donors (Lipinski definition) is 3. The van der Waals surface area contributed by atoms with Gasteiger partial charge in [0, 0.05) is 30.6 Å². The molecule has 152 valence electrons. The third-order valence-electron chi connectivity index (χ3n) is 3.33. The quantitative estimate of drug-likeness (QED) is 0.382. The van der Waals surface area contributed by atoms with Gasteiger partial charge in [0.05, 0.1) is 6.54 Å². The van der Waals surface area contributed by atoms with Crippen molar-refractivity contribution in [2.24, 2.45) is 10.4 Å². The van der Waals surface area contributed by atoms with Crippen LogP contribution < -0.4 is 20.7 Å². The molecule has 0 aromatic heterocycles. The van der Waals surface area contributed by atoms with Gasteiger partial charge >= 0.3 is 6.36 Å².